The molecule has 0 atom stereocenters. The summed E-state index contributed by atoms with van der Waals surface area (Å²) in [6.07, 6.45) is 0. The van der Waals surface area contributed by atoms with Gasteiger partial charge in [0.05, 0.1) is 12.2 Å². The summed E-state index contributed by atoms with van der Waals surface area (Å²) in [6.45, 7) is 2.16. The van der Waals surface area contributed by atoms with Gasteiger partial charge in [-0.15, -0.1) is 0 Å². The van der Waals surface area contributed by atoms with Gasteiger partial charge in [-0.05, 0) is 31.2 Å². The number of aromatic nitrogens is 1. The Morgan fingerprint density at radius 1 is 1.29 bits per heavy atom. The summed E-state index contributed by atoms with van der Waals surface area (Å²) in [5.41, 5.74) is 7.02. The summed E-state index contributed by atoms with van der Waals surface area (Å²) in [5.74, 6) is -1.40. The van der Waals surface area contributed by atoms with Gasteiger partial charge in [0.2, 0.25) is 0 Å². The number of thiocarbonyl (C=S) groups is 1. The Morgan fingerprint density at radius 3 is 2.43 bits per heavy atom. The van der Waals surface area contributed by atoms with Crippen LogP contribution in [0.2, 0.25) is 0 Å². The maximum Gasteiger partial charge on any atom is 0.150 e. The first kappa shape index (κ1) is 15.3. The molecule has 1 aromatic heterocycles. The van der Waals surface area contributed by atoms with E-state index < -0.39 is 11.6 Å². The molecule has 0 aliphatic heterocycles. The molecule has 1 aromatic carbocycles. The Labute approximate surface area is 127 Å². The molecule has 0 aliphatic rings. The van der Waals surface area contributed by atoms with Crippen molar-refractivity contribution in [1.29, 1.82) is 0 Å². The van der Waals surface area contributed by atoms with Gasteiger partial charge in [-0.2, -0.15) is 0 Å². The highest BCUT2D eigenvalue weighted by molar-refractivity contribution is 7.80. The summed E-state index contributed by atoms with van der Waals surface area (Å²) in [7, 11) is 1.60. The van der Waals surface area contributed by atoms with E-state index in [-0.39, 0.29) is 16.2 Å². The van der Waals surface area contributed by atoms with Gasteiger partial charge in [-0.1, -0.05) is 18.3 Å². The van der Waals surface area contributed by atoms with E-state index in [9.17, 15) is 8.78 Å². The third-order valence-corrected chi connectivity index (χ3v) is 3.26. The zero-order chi connectivity index (χ0) is 15.6. The van der Waals surface area contributed by atoms with Gasteiger partial charge in [-0.25, -0.2) is 8.78 Å². The lowest BCUT2D eigenvalue weighted by Gasteiger charge is -2.21. The van der Waals surface area contributed by atoms with Gasteiger partial charge in [0.25, 0.3) is 0 Å². The minimum absolute atomic E-state index is 0.0395. The van der Waals surface area contributed by atoms with E-state index >= 15 is 0 Å². The van der Waals surface area contributed by atoms with Crippen molar-refractivity contribution in [3.05, 3.63) is 58.9 Å². The molecule has 2 rings (SSSR count). The highest BCUT2D eigenvalue weighted by Crippen LogP contribution is 2.25. The van der Waals surface area contributed by atoms with Crippen LogP contribution in [0.3, 0.4) is 0 Å². The van der Waals surface area contributed by atoms with Crippen molar-refractivity contribution < 1.29 is 8.78 Å². The fraction of sp³-hybridized carbons (Fsp3) is 0.200. The Balaban J connectivity index is 2.31. The highest BCUT2D eigenvalue weighted by atomic mass is 32.1. The summed E-state index contributed by atoms with van der Waals surface area (Å²) < 4.78 is 28.2. The van der Waals surface area contributed by atoms with Crippen molar-refractivity contribution in [2.24, 2.45) is 5.73 Å². The van der Waals surface area contributed by atoms with Crippen LogP contribution in [0, 0.1) is 18.6 Å². The van der Waals surface area contributed by atoms with Crippen molar-refractivity contribution in [3.63, 3.8) is 0 Å². The molecule has 0 unspecified atom stereocenters. The summed E-state index contributed by atoms with van der Waals surface area (Å²) in [6, 6.07) is 7.81. The van der Waals surface area contributed by atoms with E-state index in [0.29, 0.717) is 6.54 Å². The average Bonchev–Trinajstić information content (AvgIpc) is 2.37. The quantitative estimate of drug-likeness (QED) is 0.882. The molecular weight excluding hydrogens is 292 g/mol. The van der Waals surface area contributed by atoms with Crippen LogP contribution >= 0.6 is 12.2 Å². The third kappa shape index (κ3) is 3.52. The zero-order valence-electron chi connectivity index (χ0n) is 11.7. The lowest BCUT2D eigenvalue weighted by atomic mass is 10.1. The van der Waals surface area contributed by atoms with Gasteiger partial charge in [0.1, 0.15) is 22.3 Å². The summed E-state index contributed by atoms with van der Waals surface area (Å²) in [4.78, 5) is 5.74. The van der Waals surface area contributed by atoms with Crippen LogP contribution < -0.4 is 10.6 Å². The van der Waals surface area contributed by atoms with E-state index in [0.717, 1.165) is 23.5 Å². The van der Waals surface area contributed by atoms with Crippen molar-refractivity contribution in [2.45, 2.75) is 13.5 Å². The second kappa shape index (κ2) is 6.13. The number of pyridine rings is 1. The van der Waals surface area contributed by atoms with Gasteiger partial charge >= 0.3 is 0 Å². The molecule has 0 amide bonds. The lowest BCUT2D eigenvalue weighted by molar-refractivity contribution is 0.575. The van der Waals surface area contributed by atoms with Crippen LogP contribution in [0.15, 0.2) is 30.3 Å². The van der Waals surface area contributed by atoms with E-state index in [1.165, 1.54) is 4.90 Å². The topological polar surface area (TPSA) is 42.1 Å². The Kier molecular flexibility index (Phi) is 4.47. The molecule has 0 spiro atoms. The van der Waals surface area contributed by atoms with Crippen LogP contribution in [-0.2, 0) is 6.54 Å². The molecule has 2 N–H and O–H groups in total. The molecule has 0 saturated heterocycles. The fourth-order valence-corrected chi connectivity index (χ4v) is 2.20. The summed E-state index contributed by atoms with van der Waals surface area (Å²) >= 11 is 4.73. The van der Waals surface area contributed by atoms with Gasteiger partial charge in [0, 0.05) is 18.3 Å². The normalized spacial score (nSPS) is 10.5. The maximum atomic E-state index is 14.1. The predicted molar refractivity (Wildman–Crippen MR) is 83.3 cm³/mol. The standard InChI is InChI=1S/C15H15F2N3S/c1-9-4-3-5-11(19-9)8-20(2)14-12(16)6-10(15(18)21)7-13(14)17/h3-7H,8H2,1-2H3,(H2,18,21). The summed E-state index contributed by atoms with van der Waals surface area (Å²) in [5, 5.41) is 0. The number of aryl methyl sites for hydroxylation is 1. The molecule has 2 aromatic rings. The van der Waals surface area contributed by atoms with Crippen LogP contribution in [0.1, 0.15) is 17.0 Å². The molecule has 110 valence electrons. The molecule has 0 aliphatic carbocycles. The van der Waals surface area contributed by atoms with E-state index in [1.807, 2.05) is 25.1 Å². The molecular formula is C15H15F2N3S. The number of anilines is 1. The fourth-order valence-electron chi connectivity index (χ4n) is 2.08. The maximum absolute atomic E-state index is 14.1. The molecule has 0 radical (unpaired) electrons. The van der Waals surface area contributed by atoms with E-state index in [2.05, 4.69) is 4.98 Å². The predicted octanol–water partition coefficient (Wildman–Crippen LogP) is 2.94. The van der Waals surface area contributed by atoms with Crippen LogP contribution in [0.5, 0.6) is 0 Å². The van der Waals surface area contributed by atoms with E-state index in [4.69, 9.17) is 18.0 Å². The second-order valence-electron chi connectivity index (χ2n) is 4.78. The third-order valence-electron chi connectivity index (χ3n) is 3.03. The largest absolute Gasteiger partial charge is 0.389 e. The van der Waals surface area contributed by atoms with E-state index in [1.54, 1.807) is 7.05 Å². The smallest absolute Gasteiger partial charge is 0.150 e. The van der Waals surface area contributed by atoms with Crippen LogP contribution in [0.25, 0.3) is 0 Å². The van der Waals surface area contributed by atoms with Crippen molar-refractivity contribution in [2.75, 3.05) is 11.9 Å². The number of hydrogen-bond donors (Lipinski definition) is 1. The first-order valence-electron chi connectivity index (χ1n) is 6.31. The van der Waals surface area contributed by atoms with Gasteiger partial charge in [0.15, 0.2) is 0 Å². The first-order valence-corrected chi connectivity index (χ1v) is 6.72. The molecule has 0 saturated carbocycles. The number of hydrogen-bond acceptors (Lipinski definition) is 3. The number of nitrogens with zero attached hydrogens (tertiary/aromatic N) is 2. The minimum Gasteiger partial charge on any atom is -0.389 e. The molecule has 0 fully saturated rings. The highest BCUT2D eigenvalue weighted by Gasteiger charge is 2.16. The first-order chi connectivity index (χ1) is 9.88. The number of benzene rings is 1. The van der Waals surface area contributed by atoms with Crippen molar-refractivity contribution in [1.82, 2.24) is 4.98 Å². The lowest BCUT2D eigenvalue weighted by Crippen LogP contribution is -2.21. The molecule has 1 heterocycles. The number of halogens is 2. The Morgan fingerprint density at radius 2 is 1.90 bits per heavy atom. The van der Waals surface area contributed by atoms with Crippen molar-refractivity contribution in [3.8, 4) is 0 Å². The molecule has 3 nitrogen and oxygen atoms in total. The molecule has 6 heteroatoms. The Hall–Kier alpha value is -2.08. The second-order valence-corrected chi connectivity index (χ2v) is 5.22. The number of nitrogens with two attached hydrogens (primary N) is 1. The average molecular weight is 307 g/mol. The monoisotopic (exact) mass is 307 g/mol. The molecule has 0 bridgehead atoms. The Bertz CT molecular complexity index is 665. The number of rotatable bonds is 4. The van der Waals surface area contributed by atoms with Crippen LogP contribution in [-0.4, -0.2) is 17.0 Å². The minimum atomic E-state index is -0.701. The SMILES string of the molecule is Cc1cccc(CN(C)c2c(F)cc(C(N)=S)cc2F)n1. The van der Waals surface area contributed by atoms with Crippen LogP contribution in [0.4, 0.5) is 14.5 Å². The van der Waals surface area contributed by atoms with Crippen molar-refractivity contribution >= 4 is 22.9 Å². The van der Waals surface area contributed by atoms with Gasteiger partial charge < -0.3 is 10.6 Å². The molecule has 21 heavy (non-hydrogen) atoms. The zero-order valence-corrected chi connectivity index (χ0v) is 12.5. The van der Waals surface area contributed by atoms with Gasteiger partial charge in [-0.3, -0.25) is 4.98 Å².